The highest BCUT2D eigenvalue weighted by molar-refractivity contribution is 7.16. The van der Waals surface area contributed by atoms with Crippen molar-refractivity contribution in [1.29, 1.82) is 0 Å². The normalized spacial score (nSPS) is 12.8. The SMILES string of the molecule is C#CCn1c(=NC(=O)c2cccc(OC)c2OC)sc2cc3c(cc21)OCO3. The third-order valence-electron chi connectivity index (χ3n) is 4.26. The zero-order chi connectivity index (χ0) is 19.7. The van der Waals surface area contributed by atoms with Crippen molar-refractivity contribution < 1.29 is 23.7 Å². The number of fused-ring (bicyclic) bond motifs is 2. The van der Waals surface area contributed by atoms with E-state index in [9.17, 15) is 4.79 Å². The Morgan fingerprint density at radius 3 is 2.79 bits per heavy atom. The maximum absolute atomic E-state index is 12.9. The van der Waals surface area contributed by atoms with Gasteiger partial charge >= 0.3 is 0 Å². The Morgan fingerprint density at radius 1 is 1.29 bits per heavy atom. The smallest absolute Gasteiger partial charge is 0.283 e. The average Bonchev–Trinajstić information content (AvgIpc) is 3.29. The predicted octanol–water partition coefficient (Wildman–Crippen LogP) is 2.82. The number of nitrogens with zero attached hydrogens (tertiary/aromatic N) is 2. The largest absolute Gasteiger partial charge is 0.493 e. The number of hydrogen-bond acceptors (Lipinski definition) is 6. The Bertz CT molecular complexity index is 1190. The topological polar surface area (TPSA) is 71.3 Å². The molecule has 1 aliphatic heterocycles. The minimum absolute atomic E-state index is 0.188. The summed E-state index contributed by atoms with van der Waals surface area (Å²) in [4.78, 5) is 17.7. The average molecular weight is 396 g/mol. The third-order valence-corrected chi connectivity index (χ3v) is 5.30. The summed E-state index contributed by atoms with van der Waals surface area (Å²) in [5, 5.41) is 0. The second-order valence-electron chi connectivity index (χ2n) is 5.81. The van der Waals surface area contributed by atoms with Crippen LogP contribution in [-0.4, -0.2) is 31.5 Å². The molecule has 1 amide bonds. The van der Waals surface area contributed by atoms with Crippen LogP contribution >= 0.6 is 11.3 Å². The summed E-state index contributed by atoms with van der Waals surface area (Å²) in [6, 6.07) is 8.78. The van der Waals surface area contributed by atoms with Gasteiger partial charge in [0, 0.05) is 12.1 Å². The Hall–Kier alpha value is -3.44. The van der Waals surface area contributed by atoms with Gasteiger partial charge in [0.1, 0.15) is 0 Å². The van der Waals surface area contributed by atoms with Crippen molar-refractivity contribution in [3.63, 3.8) is 0 Å². The van der Waals surface area contributed by atoms with E-state index < -0.39 is 5.91 Å². The van der Waals surface area contributed by atoms with Crippen molar-refractivity contribution in [3.8, 4) is 35.3 Å². The van der Waals surface area contributed by atoms with E-state index in [0.717, 1.165) is 10.2 Å². The standard InChI is InChI=1S/C20H16N2O5S/c1-4-8-22-13-9-15-16(27-11-26-15)10-17(13)28-20(22)21-19(23)12-6-5-7-14(24-2)18(12)25-3/h1,5-7,9-10H,8,11H2,2-3H3. The summed E-state index contributed by atoms with van der Waals surface area (Å²) < 4.78 is 24.2. The number of amides is 1. The molecule has 0 atom stereocenters. The first-order chi connectivity index (χ1) is 13.7. The van der Waals surface area contributed by atoms with Gasteiger partial charge in [0.15, 0.2) is 27.8 Å². The van der Waals surface area contributed by atoms with Crippen molar-refractivity contribution in [2.24, 2.45) is 4.99 Å². The third kappa shape index (κ3) is 2.96. The number of carbonyl (C=O) groups excluding carboxylic acids is 1. The lowest BCUT2D eigenvalue weighted by atomic mass is 10.2. The maximum Gasteiger partial charge on any atom is 0.283 e. The quantitative estimate of drug-likeness (QED) is 0.634. The van der Waals surface area contributed by atoms with Crippen LogP contribution in [0.25, 0.3) is 10.2 Å². The number of ether oxygens (including phenoxy) is 4. The summed E-state index contributed by atoms with van der Waals surface area (Å²) >= 11 is 1.35. The molecule has 28 heavy (non-hydrogen) atoms. The number of benzene rings is 2. The fraction of sp³-hybridized carbons (Fsp3) is 0.200. The van der Waals surface area contributed by atoms with Gasteiger partial charge in [-0.25, -0.2) is 0 Å². The van der Waals surface area contributed by atoms with Crippen molar-refractivity contribution in [2.45, 2.75) is 6.54 Å². The minimum atomic E-state index is -0.451. The number of para-hydroxylation sites is 1. The molecular weight excluding hydrogens is 380 g/mol. The van der Waals surface area contributed by atoms with Crippen LogP contribution in [0.5, 0.6) is 23.0 Å². The van der Waals surface area contributed by atoms with E-state index in [1.807, 2.05) is 12.1 Å². The predicted molar refractivity (Wildman–Crippen MR) is 104 cm³/mol. The molecule has 0 radical (unpaired) electrons. The molecule has 1 aromatic heterocycles. The van der Waals surface area contributed by atoms with Gasteiger partial charge in [-0.1, -0.05) is 23.3 Å². The van der Waals surface area contributed by atoms with Crippen molar-refractivity contribution in [3.05, 3.63) is 40.7 Å². The van der Waals surface area contributed by atoms with Crippen molar-refractivity contribution >= 4 is 27.5 Å². The molecule has 0 saturated carbocycles. The van der Waals surface area contributed by atoms with Crippen LogP contribution in [0, 0.1) is 12.3 Å². The van der Waals surface area contributed by atoms with Gasteiger partial charge in [0.25, 0.3) is 5.91 Å². The fourth-order valence-corrected chi connectivity index (χ4v) is 4.03. The first kappa shape index (κ1) is 17.9. The van der Waals surface area contributed by atoms with Crippen LogP contribution in [0.1, 0.15) is 10.4 Å². The molecule has 0 aliphatic carbocycles. The van der Waals surface area contributed by atoms with E-state index in [1.54, 1.807) is 22.8 Å². The van der Waals surface area contributed by atoms with Crippen molar-refractivity contribution in [2.75, 3.05) is 21.0 Å². The number of rotatable bonds is 4. The van der Waals surface area contributed by atoms with Gasteiger partial charge in [-0.15, -0.1) is 6.42 Å². The summed E-state index contributed by atoms with van der Waals surface area (Å²) in [5.74, 6) is 4.26. The van der Waals surface area contributed by atoms with E-state index in [4.69, 9.17) is 25.4 Å². The lowest BCUT2D eigenvalue weighted by molar-refractivity contribution is 0.0994. The molecule has 2 aromatic carbocycles. The first-order valence-corrected chi connectivity index (χ1v) is 9.14. The monoisotopic (exact) mass is 396 g/mol. The molecule has 2 heterocycles. The molecule has 8 heteroatoms. The highest BCUT2D eigenvalue weighted by Crippen LogP contribution is 2.37. The van der Waals surface area contributed by atoms with Gasteiger partial charge < -0.3 is 23.5 Å². The molecule has 3 aromatic rings. The zero-order valence-electron chi connectivity index (χ0n) is 15.2. The van der Waals surface area contributed by atoms with Crippen LogP contribution in [0.2, 0.25) is 0 Å². The molecule has 0 saturated heterocycles. The van der Waals surface area contributed by atoms with E-state index >= 15 is 0 Å². The highest BCUT2D eigenvalue weighted by atomic mass is 32.1. The zero-order valence-corrected chi connectivity index (χ0v) is 16.0. The molecule has 1 aliphatic rings. The van der Waals surface area contributed by atoms with Crippen LogP contribution in [0.15, 0.2) is 35.3 Å². The van der Waals surface area contributed by atoms with Crippen molar-refractivity contribution in [1.82, 2.24) is 4.57 Å². The van der Waals surface area contributed by atoms with E-state index in [0.29, 0.717) is 33.4 Å². The highest BCUT2D eigenvalue weighted by Gasteiger charge is 2.19. The molecule has 4 rings (SSSR count). The van der Waals surface area contributed by atoms with Gasteiger partial charge in [0.2, 0.25) is 6.79 Å². The summed E-state index contributed by atoms with van der Waals surface area (Å²) in [6.45, 7) is 0.452. The Kier molecular flexibility index (Phi) is 4.67. The molecule has 142 valence electrons. The second kappa shape index (κ2) is 7.29. The number of terminal acetylenes is 1. The minimum Gasteiger partial charge on any atom is -0.493 e. The molecular formula is C20H16N2O5S. The number of aromatic nitrogens is 1. The van der Waals surface area contributed by atoms with Gasteiger partial charge in [-0.2, -0.15) is 4.99 Å². The number of carbonyl (C=O) groups is 1. The van der Waals surface area contributed by atoms with E-state index in [-0.39, 0.29) is 13.3 Å². The summed E-state index contributed by atoms with van der Waals surface area (Å²) in [5.41, 5.74) is 1.14. The van der Waals surface area contributed by atoms with Crippen LogP contribution in [0.4, 0.5) is 0 Å². The molecule has 0 bridgehead atoms. The van der Waals surface area contributed by atoms with Gasteiger partial charge in [-0.05, 0) is 12.1 Å². The molecule has 0 N–H and O–H groups in total. The van der Waals surface area contributed by atoms with Crippen LogP contribution in [0.3, 0.4) is 0 Å². The number of thiazole rings is 1. The number of hydrogen-bond donors (Lipinski definition) is 0. The molecule has 7 nitrogen and oxygen atoms in total. The molecule has 0 unspecified atom stereocenters. The Labute approximate surface area is 164 Å². The van der Waals surface area contributed by atoms with E-state index in [1.165, 1.54) is 25.6 Å². The Balaban J connectivity index is 1.87. The van der Waals surface area contributed by atoms with Crippen LogP contribution < -0.4 is 23.7 Å². The van der Waals surface area contributed by atoms with Gasteiger partial charge in [0.05, 0.1) is 36.5 Å². The maximum atomic E-state index is 12.9. The number of methoxy groups -OCH3 is 2. The van der Waals surface area contributed by atoms with E-state index in [2.05, 4.69) is 10.9 Å². The van der Waals surface area contributed by atoms with Gasteiger partial charge in [-0.3, -0.25) is 4.79 Å². The second-order valence-corrected chi connectivity index (χ2v) is 6.82. The summed E-state index contributed by atoms with van der Waals surface area (Å²) in [6.07, 6.45) is 5.53. The fourth-order valence-electron chi connectivity index (χ4n) is 2.99. The Morgan fingerprint density at radius 2 is 2.07 bits per heavy atom. The summed E-state index contributed by atoms with van der Waals surface area (Å²) in [7, 11) is 2.99. The van der Waals surface area contributed by atoms with Crippen LogP contribution in [-0.2, 0) is 6.54 Å². The molecule has 0 fully saturated rings. The first-order valence-electron chi connectivity index (χ1n) is 8.32. The lowest BCUT2D eigenvalue weighted by Gasteiger charge is -2.09. The molecule has 0 spiro atoms. The lowest BCUT2D eigenvalue weighted by Crippen LogP contribution is -2.16.